The maximum atomic E-state index is 12.6. The van der Waals surface area contributed by atoms with E-state index in [1.165, 1.54) is 18.4 Å². The molecule has 0 saturated carbocycles. The van der Waals surface area contributed by atoms with Crippen LogP contribution >= 0.6 is 22.9 Å². The average molecular weight is 420 g/mol. The lowest BCUT2D eigenvalue weighted by atomic mass is 10.2. The van der Waals surface area contributed by atoms with E-state index in [4.69, 9.17) is 16.3 Å². The second-order valence-electron chi connectivity index (χ2n) is 6.87. The Labute approximate surface area is 172 Å². The smallest absolute Gasteiger partial charge is 0.348 e. The van der Waals surface area contributed by atoms with E-state index in [-0.39, 0.29) is 11.6 Å². The van der Waals surface area contributed by atoms with Crippen molar-refractivity contribution < 1.29 is 9.53 Å². The Hall–Kier alpha value is -2.22. The van der Waals surface area contributed by atoms with Crippen LogP contribution in [0.3, 0.4) is 0 Å². The summed E-state index contributed by atoms with van der Waals surface area (Å²) in [6.45, 7) is 7.07. The van der Waals surface area contributed by atoms with E-state index in [0.29, 0.717) is 44.6 Å². The molecular formula is C20H22ClN3O3S. The number of halogens is 1. The van der Waals surface area contributed by atoms with Crippen molar-refractivity contribution in [2.24, 2.45) is 0 Å². The molecule has 2 aromatic heterocycles. The van der Waals surface area contributed by atoms with Gasteiger partial charge in [0.15, 0.2) is 0 Å². The highest BCUT2D eigenvalue weighted by Gasteiger charge is 2.20. The third-order valence-corrected chi connectivity index (χ3v) is 5.98. The minimum atomic E-state index is -0.453. The highest BCUT2D eigenvalue weighted by Crippen LogP contribution is 2.27. The van der Waals surface area contributed by atoms with Gasteiger partial charge in [0.1, 0.15) is 15.5 Å². The Kier molecular flexibility index (Phi) is 6.17. The normalized spacial score (nSPS) is 11.5. The van der Waals surface area contributed by atoms with Gasteiger partial charge in [0.2, 0.25) is 0 Å². The molecule has 1 aromatic carbocycles. The number of aryl methyl sites for hydroxylation is 1. The maximum absolute atomic E-state index is 12.6. The monoisotopic (exact) mass is 419 g/mol. The van der Waals surface area contributed by atoms with Gasteiger partial charge in [-0.1, -0.05) is 23.7 Å². The molecule has 0 unspecified atom stereocenters. The minimum Gasteiger partial charge on any atom is -0.465 e. The number of nitrogens with one attached hydrogen (secondary N) is 1. The number of aromatic nitrogens is 2. The molecular weight excluding hydrogens is 398 g/mol. The molecule has 2 heterocycles. The third-order valence-electron chi connectivity index (χ3n) is 4.58. The number of ether oxygens (including phenoxy) is 1. The zero-order chi connectivity index (χ0) is 20.4. The lowest BCUT2D eigenvalue weighted by Crippen LogP contribution is -2.31. The van der Waals surface area contributed by atoms with E-state index in [9.17, 15) is 9.59 Å². The standard InChI is InChI=1S/C20H22ClN3O3S/c1-11(2)24(9-13-6-5-7-14(21)8-13)10-15-22-18(25)16-12(3)17(20(26)27-4)28-19(16)23-15/h5-8,11H,9-10H2,1-4H3,(H,22,23,25). The Morgan fingerprint density at radius 1 is 1.36 bits per heavy atom. The first-order chi connectivity index (χ1) is 13.3. The predicted molar refractivity (Wildman–Crippen MR) is 112 cm³/mol. The van der Waals surface area contributed by atoms with Crippen LogP contribution in [0.25, 0.3) is 10.2 Å². The molecule has 28 heavy (non-hydrogen) atoms. The van der Waals surface area contributed by atoms with Gasteiger partial charge in [0.05, 0.1) is 19.0 Å². The van der Waals surface area contributed by atoms with Gasteiger partial charge in [-0.15, -0.1) is 11.3 Å². The third kappa shape index (κ3) is 4.27. The van der Waals surface area contributed by atoms with Gasteiger partial charge in [0, 0.05) is 17.6 Å². The van der Waals surface area contributed by atoms with Crippen LogP contribution in [-0.4, -0.2) is 34.0 Å². The number of benzene rings is 1. The molecule has 0 saturated heterocycles. The topological polar surface area (TPSA) is 75.3 Å². The van der Waals surface area contributed by atoms with Crippen LogP contribution in [0.1, 0.15) is 40.5 Å². The average Bonchev–Trinajstić information content (AvgIpc) is 2.97. The fraction of sp³-hybridized carbons (Fsp3) is 0.350. The first-order valence-corrected chi connectivity index (χ1v) is 10.1. The number of esters is 1. The molecule has 8 heteroatoms. The Morgan fingerprint density at radius 3 is 2.75 bits per heavy atom. The number of methoxy groups -OCH3 is 1. The molecule has 148 valence electrons. The molecule has 0 amide bonds. The lowest BCUT2D eigenvalue weighted by molar-refractivity contribution is 0.0605. The number of hydrogen-bond donors (Lipinski definition) is 1. The first kappa shape index (κ1) is 20.5. The Morgan fingerprint density at radius 2 is 2.11 bits per heavy atom. The van der Waals surface area contributed by atoms with Crippen molar-refractivity contribution in [3.63, 3.8) is 0 Å². The zero-order valence-corrected chi connectivity index (χ0v) is 17.8. The molecule has 3 rings (SSSR count). The van der Waals surface area contributed by atoms with Gasteiger partial charge >= 0.3 is 5.97 Å². The van der Waals surface area contributed by atoms with Crippen molar-refractivity contribution >= 4 is 39.1 Å². The molecule has 0 aliphatic rings. The van der Waals surface area contributed by atoms with Crippen LogP contribution in [0.15, 0.2) is 29.1 Å². The SMILES string of the molecule is COC(=O)c1sc2nc(CN(Cc3cccc(Cl)c3)C(C)C)[nH]c(=O)c2c1C. The number of nitrogens with zero attached hydrogens (tertiary/aromatic N) is 2. The van der Waals surface area contributed by atoms with E-state index >= 15 is 0 Å². The van der Waals surface area contributed by atoms with Crippen LogP contribution in [0, 0.1) is 6.92 Å². The summed E-state index contributed by atoms with van der Waals surface area (Å²) in [6.07, 6.45) is 0. The Balaban J connectivity index is 1.93. The van der Waals surface area contributed by atoms with Gasteiger partial charge in [-0.05, 0) is 44.0 Å². The van der Waals surface area contributed by atoms with Gasteiger partial charge in [-0.2, -0.15) is 0 Å². The molecule has 1 N–H and O–H groups in total. The van der Waals surface area contributed by atoms with Crippen molar-refractivity contribution in [2.75, 3.05) is 7.11 Å². The van der Waals surface area contributed by atoms with Gasteiger partial charge in [0.25, 0.3) is 5.56 Å². The molecule has 0 bridgehead atoms. The largest absolute Gasteiger partial charge is 0.465 e. The number of aromatic amines is 1. The summed E-state index contributed by atoms with van der Waals surface area (Å²) in [5.74, 6) is 0.108. The molecule has 0 aliphatic carbocycles. The van der Waals surface area contributed by atoms with Crippen LogP contribution in [0.5, 0.6) is 0 Å². The summed E-state index contributed by atoms with van der Waals surface area (Å²) in [4.78, 5) is 35.2. The number of carbonyl (C=O) groups excluding carboxylic acids is 1. The van der Waals surface area contributed by atoms with E-state index in [1.54, 1.807) is 6.92 Å². The summed E-state index contributed by atoms with van der Waals surface area (Å²) < 4.78 is 4.80. The first-order valence-electron chi connectivity index (χ1n) is 8.89. The van der Waals surface area contributed by atoms with E-state index in [1.807, 2.05) is 24.3 Å². The quantitative estimate of drug-likeness (QED) is 0.607. The number of fused-ring (bicyclic) bond motifs is 1. The fourth-order valence-electron chi connectivity index (χ4n) is 3.03. The number of hydrogen-bond acceptors (Lipinski definition) is 6. The van der Waals surface area contributed by atoms with Crippen molar-refractivity contribution in [2.45, 2.75) is 39.9 Å². The number of thiophene rings is 1. The van der Waals surface area contributed by atoms with Gasteiger partial charge < -0.3 is 9.72 Å². The van der Waals surface area contributed by atoms with Crippen LogP contribution in [-0.2, 0) is 17.8 Å². The molecule has 0 fully saturated rings. The summed E-state index contributed by atoms with van der Waals surface area (Å²) in [7, 11) is 1.33. The fourth-order valence-corrected chi connectivity index (χ4v) is 4.37. The second-order valence-corrected chi connectivity index (χ2v) is 8.30. The highest BCUT2D eigenvalue weighted by atomic mass is 35.5. The number of rotatable bonds is 6. The molecule has 6 nitrogen and oxygen atoms in total. The van der Waals surface area contributed by atoms with Gasteiger partial charge in [-0.3, -0.25) is 9.69 Å². The van der Waals surface area contributed by atoms with Crippen LogP contribution in [0.4, 0.5) is 0 Å². The summed E-state index contributed by atoms with van der Waals surface area (Å²) in [6, 6.07) is 7.95. The second kappa shape index (κ2) is 8.43. The maximum Gasteiger partial charge on any atom is 0.348 e. The van der Waals surface area contributed by atoms with E-state index in [0.717, 1.165) is 5.56 Å². The molecule has 0 spiro atoms. The van der Waals surface area contributed by atoms with Crippen LogP contribution < -0.4 is 5.56 Å². The summed E-state index contributed by atoms with van der Waals surface area (Å²) in [5.41, 5.74) is 1.45. The minimum absolute atomic E-state index is 0.232. The highest BCUT2D eigenvalue weighted by molar-refractivity contribution is 7.20. The molecule has 0 aliphatic heterocycles. The van der Waals surface area contributed by atoms with Gasteiger partial charge in [-0.25, -0.2) is 9.78 Å². The van der Waals surface area contributed by atoms with Crippen molar-refractivity contribution in [1.82, 2.24) is 14.9 Å². The lowest BCUT2D eigenvalue weighted by Gasteiger charge is -2.26. The zero-order valence-electron chi connectivity index (χ0n) is 16.2. The number of carbonyl (C=O) groups is 1. The molecule has 0 radical (unpaired) electrons. The van der Waals surface area contributed by atoms with E-state index < -0.39 is 5.97 Å². The Bertz CT molecular complexity index is 1070. The predicted octanol–water partition coefficient (Wildman–Crippen LogP) is 4.14. The molecule has 3 aromatic rings. The van der Waals surface area contributed by atoms with Crippen molar-refractivity contribution in [3.8, 4) is 0 Å². The molecule has 0 atom stereocenters. The number of H-pyrrole nitrogens is 1. The van der Waals surface area contributed by atoms with Crippen LogP contribution in [0.2, 0.25) is 5.02 Å². The van der Waals surface area contributed by atoms with Crippen molar-refractivity contribution in [1.29, 1.82) is 0 Å². The van der Waals surface area contributed by atoms with E-state index in [2.05, 4.69) is 28.7 Å². The van der Waals surface area contributed by atoms with Crippen molar-refractivity contribution in [3.05, 3.63) is 61.5 Å². The summed E-state index contributed by atoms with van der Waals surface area (Å²) in [5, 5.41) is 1.14. The summed E-state index contributed by atoms with van der Waals surface area (Å²) >= 11 is 7.28.